The first-order valence-corrected chi connectivity index (χ1v) is 4.43. The maximum absolute atomic E-state index is 11.0. The van der Waals surface area contributed by atoms with Gasteiger partial charge < -0.3 is 5.11 Å². The molecule has 0 saturated heterocycles. The van der Waals surface area contributed by atoms with E-state index in [2.05, 4.69) is 5.10 Å². The summed E-state index contributed by atoms with van der Waals surface area (Å²) in [4.78, 5) is 11.0. The Morgan fingerprint density at radius 3 is 3.00 bits per heavy atom. The lowest BCUT2D eigenvalue weighted by Gasteiger charge is -1.92. The van der Waals surface area contributed by atoms with Crippen molar-refractivity contribution in [2.45, 2.75) is 13.3 Å². The van der Waals surface area contributed by atoms with Crippen molar-refractivity contribution >= 4 is 11.5 Å². The summed E-state index contributed by atoms with van der Waals surface area (Å²) >= 11 is 0. The minimum atomic E-state index is -0.914. The zero-order valence-corrected chi connectivity index (χ0v) is 7.77. The number of carboxylic acid groups (broad SMARTS) is 1. The molecule has 0 amide bonds. The highest BCUT2D eigenvalue weighted by Gasteiger charge is 2.16. The number of nitrogens with zero attached hydrogens (tertiary/aromatic N) is 2. The fraction of sp³-hybridized carbons (Fsp3) is 0.200. The summed E-state index contributed by atoms with van der Waals surface area (Å²) in [6.07, 6.45) is 2.38. The minimum Gasteiger partial charge on any atom is -0.478 e. The van der Waals surface area contributed by atoms with Gasteiger partial charge >= 0.3 is 5.97 Å². The molecule has 0 bridgehead atoms. The number of hydrogen-bond donors (Lipinski definition) is 1. The van der Waals surface area contributed by atoms with Gasteiger partial charge in [-0.25, -0.2) is 9.31 Å². The van der Waals surface area contributed by atoms with Gasteiger partial charge in [-0.15, -0.1) is 0 Å². The summed E-state index contributed by atoms with van der Waals surface area (Å²) in [6, 6.07) is 5.39. The van der Waals surface area contributed by atoms with Crippen molar-refractivity contribution in [3.63, 3.8) is 0 Å². The number of pyridine rings is 1. The highest BCUT2D eigenvalue weighted by atomic mass is 16.4. The van der Waals surface area contributed by atoms with Crippen LogP contribution < -0.4 is 0 Å². The second-order valence-electron chi connectivity index (χ2n) is 3.01. The van der Waals surface area contributed by atoms with Gasteiger partial charge in [0, 0.05) is 6.20 Å². The molecule has 4 nitrogen and oxygen atoms in total. The van der Waals surface area contributed by atoms with Gasteiger partial charge in [0.25, 0.3) is 0 Å². The van der Waals surface area contributed by atoms with Gasteiger partial charge in [-0.1, -0.05) is 13.0 Å². The van der Waals surface area contributed by atoms with Crippen molar-refractivity contribution in [1.82, 2.24) is 9.61 Å². The van der Waals surface area contributed by atoms with Crippen LogP contribution in [0.1, 0.15) is 23.0 Å². The van der Waals surface area contributed by atoms with Crippen molar-refractivity contribution in [1.29, 1.82) is 0 Å². The second kappa shape index (κ2) is 3.14. The third kappa shape index (κ3) is 1.16. The van der Waals surface area contributed by atoms with Crippen molar-refractivity contribution in [2.24, 2.45) is 0 Å². The summed E-state index contributed by atoms with van der Waals surface area (Å²) in [5, 5.41) is 13.2. The van der Waals surface area contributed by atoms with E-state index in [9.17, 15) is 4.79 Å². The Hall–Kier alpha value is -1.84. The number of hydrogen-bond acceptors (Lipinski definition) is 2. The van der Waals surface area contributed by atoms with Crippen LogP contribution in [0.15, 0.2) is 24.4 Å². The number of fused-ring (bicyclic) bond motifs is 1. The van der Waals surface area contributed by atoms with Gasteiger partial charge in [-0.2, -0.15) is 5.10 Å². The summed E-state index contributed by atoms with van der Waals surface area (Å²) in [6.45, 7) is 1.90. The van der Waals surface area contributed by atoms with Crippen LogP contribution in [-0.4, -0.2) is 20.7 Å². The molecule has 4 heteroatoms. The standard InChI is InChI=1S/C10H10N2O2/c1-2-7-9(10(13)14)8-5-3-4-6-12(8)11-7/h3-6H,2H2,1H3,(H,13,14). The lowest BCUT2D eigenvalue weighted by Crippen LogP contribution is -1.99. The van der Waals surface area contributed by atoms with Crippen LogP contribution >= 0.6 is 0 Å². The highest BCUT2D eigenvalue weighted by Crippen LogP contribution is 2.15. The Labute approximate surface area is 80.8 Å². The van der Waals surface area contributed by atoms with E-state index in [0.29, 0.717) is 23.2 Å². The molecule has 0 fully saturated rings. The van der Waals surface area contributed by atoms with Crippen LogP contribution in [0.4, 0.5) is 0 Å². The maximum Gasteiger partial charge on any atom is 0.339 e. The molecule has 0 aliphatic rings. The topological polar surface area (TPSA) is 54.6 Å². The molecule has 2 aromatic rings. The van der Waals surface area contributed by atoms with E-state index in [1.54, 1.807) is 16.8 Å². The number of aryl methyl sites for hydroxylation is 1. The Morgan fingerprint density at radius 1 is 1.57 bits per heavy atom. The summed E-state index contributed by atoms with van der Waals surface area (Å²) in [5.74, 6) is -0.914. The van der Waals surface area contributed by atoms with E-state index in [1.807, 2.05) is 19.1 Å². The second-order valence-corrected chi connectivity index (χ2v) is 3.01. The highest BCUT2D eigenvalue weighted by molar-refractivity contribution is 5.96. The summed E-state index contributed by atoms with van der Waals surface area (Å²) in [5.41, 5.74) is 1.59. The summed E-state index contributed by atoms with van der Waals surface area (Å²) in [7, 11) is 0. The maximum atomic E-state index is 11.0. The van der Waals surface area contributed by atoms with E-state index in [4.69, 9.17) is 5.11 Å². The number of carbonyl (C=O) groups is 1. The fourth-order valence-electron chi connectivity index (χ4n) is 1.53. The number of aromatic carboxylic acids is 1. The third-order valence-electron chi connectivity index (χ3n) is 2.16. The molecule has 1 N–H and O–H groups in total. The number of rotatable bonds is 2. The predicted octanol–water partition coefficient (Wildman–Crippen LogP) is 1.59. The molecule has 14 heavy (non-hydrogen) atoms. The van der Waals surface area contributed by atoms with Crippen molar-refractivity contribution in [3.8, 4) is 0 Å². The van der Waals surface area contributed by atoms with Crippen LogP contribution in [-0.2, 0) is 6.42 Å². The average Bonchev–Trinajstić information content (AvgIpc) is 2.55. The van der Waals surface area contributed by atoms with E-state index < -0.39 is 5.97 Å². The van der Waals surface area contributed by atoms with Crippen LogP contribution in [0.25, 0.3) is 5.52 Å². The van der Waals surface area contributed by atoms with Crippen molar-refractivity contribution in [2.75, 3.05) is 0 Å². The Bertz CT molecular complexity index is 488. The van der Waals surface area contributed by atoms with Crippen LogP contribution in [0, 0.1) is 0 Å². The number of aromatic nitrogens is 2. The zero-order valence-electron chi connectivity index (χ0n) is 7.77. The van der Waals surface area contributed by atoms with Crippen molar-refractivity contribution in [3.05, 3.63) is 35.7 Å². The van der Waals surface area contributed by atoms with Crippen LogP contribution in [0.2, 0.25) is 0 Å². The molecule has 0 spiro atoms. The van der Waals surface area contributed by atoms with Gasteiger partial charge in [0.15, 0.2) is 0 Å². The molecule has 2 rings (SSSR count). The Morgan fingerprint density at radius 2 is 2.36 bits per heavy atom. The van der Waals surface area contributed by atoms with Crippen LogP contribution in [0.3, 0.4) is 0 Å². The SMILES string of the molecule is CCc1nn2ccccc2c1C(=O)O. The van der Waals surface area contributed by atoms with Gasteiger partial charge in [0.2, 0.25) is 0 Å². The quantitative estimate of drug-likeness (QED) is 0.782. The molecule has 2 aromatic heterocycles. The van der Waals surface area contributed by atoms with Gasteiger partial charge in [-0.05, 0) is 18.6 Å². The molecule has 0 radical (unpaired) electrons. The lowest BCUT2D eigenvalue weighted by atomic mass is 10.1. The molecule has 0 unspecified atom stereocenters. The van der Waals surface area contributed by atoms with E-state index in [1.165, 1.54) is 0 Å². The largest absolute Gasteiger partial charge is 0.478 e. The first-order valence-electron chi connectivity index (χ1n) is 4.43. The Kier molecular flexibility index (Phi) is 1.96. The molecule has 72 valence electrons. The number of carboxylic acids is 1. The third-order valence-corrected chi connectivity index (χ3v) is 2.16. The van der Waals surface area contributed by atoms with Crippen molar-refractivity contribution < 1.29 is 9.90 Å². The van der Waals surface area contributed by atoms with Gasteiger partial charge in [0.1, 0.15) is 5.56 Å². The molecule has 2 heterocycles. The van der Waals surface area contributed by atoms with Crippen LogP contribution in [0.5, 0.6) is 0 Å². The summed E-state index contributed by atoms with van der Waals surface area (Å²) < 4.78 is 1.60. The van der Waals surface area contributed by atoms with Gasteiger partial charge in [-0.3, -0.25) is 0 Å². The molecule has 0 atom stereocenters. The van der Waals surface area contributed by atoms with Gasteiger partial charge in [0.05, 0.1) is 11.2 Å². The normalized spacial score (nSPS) is 10.6. The first-order chi connectivity index (χ1) is 6.74. The van der Waals surface area contributed by atoms with E-state index in [0.717, 1.165) is 0 Å². The molecular weight excluding hydrogens is 180 g/mol. The fourth-order valence-corrected chi connectivity index (χ4v) is 1.53. The lowest BCUT2D eigenvalue weighted by molar-refractivity contribution is 0.0698. The monoisotopic (exact) mass is 190 g/mol. The molecular formula is C10H10N2O2. The van der Waals surface area contributed by atoms with E-state index in [-0.39, 0.29) is 0 Å². The molecule has 0 aromatic carbocycles. The zero-order chi connectivity index (χ0) is 10.1. The predicted molar refractivity (Wildman–Crippen MR) is 51.5 cm³/mol. The Balaban J connectivity index is 2.81. The smallest absolute Gasteiger partial charge is 0.339 e. The molecule has 0 saturated carbocycles. The average molecular weight is 190 g/mol. The van der Waals surface area contributed by atoms with E-state index >= 15 is 0 Å². The first kappa shape index (κ1) is 8.74. The molecule has 0 aliphatic heterocycles. The molecule has 0 aliphatic carbocycles. The minimum absolute atomic E-state index is 0.313.